The molecule has 3 amide bonds. The van der Waals surface area contributed by atoms with Crippen molar-refractivity contribution in [3.63, 3.8) is 0 Å². The predicted octanol–water partition coefficient (Wildman–Crippen LogP) is 6.62. The Labute approximate surface area is 295 Å². The van der Waals surface area contributed by atoms with Crippen LogP contribution in [0.15, 0.2) is 91.0 Å². The van der Waals surface area contributed by atoms with Crippen molar-refractivity contribution in [1.82, 2.24) is 5.32 Å². The Morgan fingerprint density at radius 2 is 1.67 bits per heavy atom. The number of hydrogen-bond acceptors (Lipinski definition) is 6. The third-order valence-corrected chi connectivity index (χ3v) is 15.4. The van der Waals surface area contributed by atoms with Crippen LogP contribution in [0.1, 0.15) is 43.3 Å². The SMILES string of the molecule is CC(C)(C)[Si](OCC1CCCN(c2ccc(N3C[C@H](CNC(=O)c4ccc(Cl)s4)OC3=O)c(F)c2)C1=O)(c1ccccc1)c1ccccc1. The normalized spacial score (nSPS) is 18.5. The second-order valence-electron chi connectivity index (χ2n) is 13.4. The molecular weight excluding hydrogens is 681 g/mol. The molecule has 0 spiro atoms. The van der Waals surface area contributed by atoms with Crippen molar-refractivity contribution in [3.8, 4) is 0 Å². The van der Waals surface area contributed by atoms with Gasteiger partial charge in [-0.1, -0.05) is 93.0 Å². The van der Waals surface area contributed by atoms with E-state index in [1.165, 1.54) is 17.0 Å². The molecule has 3 aromatic carbocycles. The summed E-state index contributed by atoms with van der Waals surface area (Å²) < 4.78 is 28.6. The van der Waals surface area contributed by atoms with Crippen LogP contribution in [0.3, 0.4) is 0 Å². The largest absolute Gasteiger partial charge is 0.442 e. The molecule has 0 aliphatic carbocycles. The summed E-state index contributed by atoms with van der Waals surface area (Å²) in [5.74, 6) is -1.48. The smallest absolute Gasteiger partial charge is 0.414 e. The summed E-state index contributed by atoms with van der Waals surface area (Å²) in [5.41, 5.74) is 0.469. The third-order valence-electron chi connectivity index (χ3n) is 9.16. The van der Waals surface area contributed by atoms with Gasteiger partial charge in [0.25, 0.3) is 14.2 Å². The van der Waals surface area contributed by atoms with E-state index in [0.29, 0.717) is 27.9 Å². The topological polar surface area (TPSA) is 88.2 Å². The molecule has 0 saturated carbocycles. The first-order valence-corrected chi connectivity index (χ1v) is 19.5. The first-order valence-electron chi connectivity index (χ1n) is 16.4. The number of amides is 3. The molecule has 2 saturated heterocycles. The van der Waals surface area contributed by atoms with E-state index >= 15 is 4.39 Å². The van der Waals surface area contributed by atoms with E-state index in [-0.39, 0.29) is 42.2 Å². The highest BCUT2D eigenvalue weighted by Gasteiger charge is 2.51. The number of nitrogens with one attached hydrogen (secondary N) is 1. The molecular formula is C37H39ClFN3O5SSi. The molecule has 1 aromatic heterocycles. The van der Waals surface area contributed by atoms with E-state index in [4.69, 9.17) is 20.8 Å². The van der Waals surface area contributed by atoms with E-state index in [1.54, 1.807) is 23.1 Å². The van der Waals surface area contributed by atoms with E-state index in [9.17, 15) is 14.4 Å². The fourth-order valence-electron chi connectivity index (χ4n) is 6.79. The number of anilines is 2. The van der Waals surface area contributed by atoms with Gasteiger partial charge in [-0.15, -0.1) is 11.3 Å². The molecule has 6 rings (SSSR count). The standard InChI is InChI=1S/C37H39ClFN3O5SSi/c1-37(2,3)49(28-12-6-4-7-13-28,29-14-8-5-9-15-29)46-24-25-11-10-20-41(35(25)44)26-16-17-31(30(39)21-26)42-23-27(47-36(42)45)22-40-34(43)32-18-19-33(38)48-32/h4-9,12-19,21,25,27H,10-11,20,22-24H2,1-3H3,(H,40,43)/t25?,27-/m0/s1. The molecule has 49 heavy (non-hydrogen) atoms. The van der Waals surface area contributed by atoms with Crippen molar-refractivity contribution >= 4 is 70.9 Å². The maximum atomic E-state index is 15.6. The number of halogens is 2. The van der Waals surface area contributed by atoms with Crippen LogP contribution < -0.4 is 25.5 Å². The lowest BCUT2D eigenvalue weighted by Crippen LogP contribution is -2.67. The molecule has 12 heteroatoms. The van der Waals surface area contributed by atoms with Crippen LogP contribution in [0.4, 0.5) is 20.6 Å². The van der Waals surface area contributed by atoms with Crippen LogP contribution in [0, 0.1) is 11.7 Å². The van der Waals surface area contributed by atoms with Crippen LogP contribution in [0.5, 0.6) is 0 Å². The number of carbonyl (C=O) groups excluding carboxylic acids is 3. The molecule has 4 aromatic rings. The van der Waals surface area contributed by atoms with Gasteiger partial charge >= 0.3 is 6.09 Å². The Kier molecular flexibility index (Phi) is 10.3. The molecule has 2 atom stereocenters. The van der Waals surface area contributed by atoms with E-state index in [1.807, 2.05) is 36.4 Å². The van der Waals surface area contributed by atoms with Gasteiger partial charge in [-0.3, -0.25) is 14.5 Å². The number of carbonyl (C=O) groups is 3. The fraction of sp³-hybridized carbons (Fsp3) is 0.324. The summed E-state index contributed by atoms with van der Waals surface area (Å²) >= 11 is 7.06. The van der Waals surface area contributed by atoms with E-state index in [2.05, 4.69) is 50.4 Å². The van der Waals surface area contributed by atoms with Gasteiger partial charge in [0.05, 0.1) is 33.9 Å². The molecule has 2 aliphatic heterocycles. The Balaban J connectivity index is 1.15. The predicted molar refractivity (Wildman–Crippen MR) is 194 cm³/mol. The van der Waals surface area contributed by atoms with Gasteiger partial charge < -0.3 is 19.4 Å². The lowest BCUT2D eigenvalue weighted by Gasteiger charge is -2.44. The zero-order valence-electron chi connectivity index (χ0n) is 27.7. The maximum Gasteiger partial charge on any atom is 0.414 e. The third kappa shape index (κ3) is 7.16. The second kappa shape index (κ2) is 14.4. The summed E-state index contributed by atoms with van der Waals surface area (Å²) in [4.78, 5) is 42.3. The molecule has 0 bridgehead atoms. The maximum absolute atomic E-state index is 15.6. The molecule has 3 heterocycles. The number of ether oxygens (including phenoxy) is 1. The lowest BCUT2D eigenvalue weighted by molar-refractivity contribution is -0.124. The number of rotatable bonds is 10. The molecule has 1 unspecified atom stereocenters. The van der Waals surface area contributed by atoms with Crippen molar-refractivity contribution in [2.75, 3.05) is 36.0 Å². The summed E-state index contributed by atoms with van der Waals surface area (Å²) in [6, 6.07) is 28.3. The number of cyclic esters (lactones) is 1. The van der Waals surface area contributed by atoms with Gasteiger partial charge in [0.2, 0.25) is 5.91 Å². The Morgan fingerprint density at radius 1 is 1.00 bits per heavy atom. The van der Waals surface area contributed by atoms with Crippen LogP contribution in [0.25, 0.3) is 0 Å². The van der Waals surface area contributed by atoms with Gasteiger partial charge in [0.1, 0.15) is 11.9 Å². The summed E-state index contributed by atoms with van der Waals surface area (Å²) in [7, 11) is -2.84. The molecule has 2 aliphatic rings. The first kappa shape index (κ1) is 34.8. The van der Waals surface area contributed by atoms with Gasteiger partial charge in [-0.25, -0.2) is 9.18 Å². The highest BCUT2D eigenvalue weighted by Crippen LogP contribution is 2.38. The Bertz CT molecular complexity index is 1780. The highest BCUT2D eigenvalue weighted by atomic mass is 35.5. The van der Waals surface area contributed by atoms with Gasteiger partial charge in [0.15, 0.2) is 0 Å². The lowest BCUT2D eigenvalue weighted by atomic mass is 9.97. The molecule has 8 nitrogen and oxygen atoms in total. The molecule has 2 fully saturated rings. The van der Waals surface area contributed by atoms with Crippen LogP contribution in [-0.4, -0.2) is 58.6 Å². The first-order chi connectivity index (χ1) is 23.5. The van der Waals surface area contributed by atoms with Crippen LogP contribution >= 0.6 is 22.9 Å². The summed E-state index contributed by atoms with van der Waals surface area (Å²) in [6.07, 6.45) is 0.0454. The van der Waals surface area contributed by atoms with Crippen molar-refractivity contribution in [1.29, 1.82) is 0 Å². The monoisotopic (exact) mass is 719 g/mol. The van der Waals surface area contributed by atoms with Gasteiger partial charge in [-0.2, -0.15) is 0 Å². The van der Waals surface area contributed by atoms with Crippen LogP contribution in [0.2, 0.25) is 9.37 Å². The zero-order chi connectivity index (χ0) is 34.8. The number of hydrogen-bond donors (Lipinski definition) is 1. The Hall–Kier alpha value is -4.03. The quantitative estimate of drug-likeness (QED) is 0.186. The van der Waals surface area contributed by atoms with Crippen LogP contribution in [-0.2, 0) is 14.0 Å². The van der Waals surface area contributed by atoms with Gasteiger partial charge in [-0.05, 0) is 58.6 Å². The minimum atomic E-state index is -2.84. The van der Waals surface area contributed by atoms with Crippen molar-refractivity contribution in [2.45, 2.75) is 44.8 Å². The average Bonchev–Trinajstić information content (AvgIpc) is 3.69. The van der Waals surface area contributed by atoms with Crippen molar-refractivity contribution in [3.05, 3.63) is 106 Å². The number of nitrogens with zero attached hydrogens (tertiary/aromatic N) is 2. The minimum absolute atomic E-state index is 0.0450. The average molecular weight is 720 g/mol. The number of thiophene rings is 1. The van der Waals surface area contributed by atoms with E-state index in [0.717, 1.165) is 28.1 Å². The second-order valence-corrected chi connectivity index (χ2v) is 19.4. The fourth-order valence-corrected chi connectivity index (χ4v) is 12.4. The number of benzene rings is 3. The minimum Gasteiger partial charge on any atom is -0.442 e. The van der Waals surface area contributed by atoms with Gasteiger partial charge in [0, 0.05) is 18.8 Å². The van der Waals surface area contributed by atoms with Crippen molar-refractivity contribution in [2.24, 2.45) is 5.92 Å². The Morgan fingerprint density at radius 3 is 2.27 bits per heavy atom. The molecule has 1 N–H and O–H groups in total. The molecule has 256 valence electrons. The number of piperidine rings is 1. The summed E-state index contributed by atoms with van der Waals surface area (Å²) in [6.45, 7) is 7.44. The van der Waals surface area contributed by atoms with Crippen molar-refractivity contribution < 1.29 is 27.9 Å². The molecule has 0 radical (unpaired) electrons. The summed E-state index contributed by atoms with van der Waals surface area (Å²) in [5, 5.41) is 4.79. The van der Waals surface area contributed by atoms with E-state index < -0.39 is 32.2 Å². The zero-order valence-corrected chi connectivity index (χ0v) is 30.2. The highest BCUT2D eigenvalue weighted by molar-refractivity contribution is 7.18.